The number of carbonyl (C=O) groups is 1. The molecule has 1 aromatic heterocycles. The number of Topliss-reactive ketones (excluding diaryl/α,β-unsaturated/α-hetero) is 1. The van der Waals surface area contributed by atoms with Crippen LogP contribution >= 0.6 is 0 Å². The number of hydrogen-bond acceptors (Lipinski definition) is 2. The average Bonchev–Trinajstić information content (AvgIpc) is 2.16. The van der Waals surface area contributed by atoms with Gasteiger partial charge in [-0.15, -0.1) is 5.92 Å². The SMILES string of the molecule is CC#CCC(=O)Cc1ccncc1. The second kappa shape index (κ2) is 5.10. The lowest BCUT2D eigenvalue weighted by molar-refractivity contribution is -0.117. The van der Waals surface area contributed by atoms with Gasteiger partial charge >= 0.3 is 0 Å². The fourth-order valence-electron chi connectivity index (χ4n) is 0.978. The van der Waals surface area contributed by atoms with Crippen LogP contribution in [0.25, 0.3) is 0 Å². The van der Waals surface area contributed by atoms with Gasteiger partial charge in [0.1, 0.15) is 5.78 Å². The summed E-state index contributed by atoms with van der Waals surface area (Å²) < 4.78 is 0. The summed E-state index contributed by atoms with van der Waals surface area (Å²) in [5, 5.41) is 0. The van der Waals surface area contributed by atoms with Crippen molar-refractivity contribution in [1.29, 1.82) is 0 Å². The number of pyridine rings is 1. The van der Waals surface area contributed by atoms with Crippen molar-refractivity contribution in [3.05, 3.63) is 30.1 Å². The molecule has 2 heteroatoms. The minimum atomic E-state index is 0.153. The van der Waals surface area contributed by atoms with E-state index in [9.17, 15) is 4.79 Å². The van der Waals surface area contributed by atoms with Crippen LogP contribution in [0.4, 0.5) is 0 Å². The lowest BCUT2D eigenvalue weighted by atomic mass is 10.1. The molecule has 0 amide bonds. The molecule has 0 radical (unpaired) electrons. The molecule has 0 spiro atoms. The number of hydrogen-bond donors (Lipinski definition) is 0. The Morgan fingerprint density at radius 2 is 2.15 bits per heavy atom. The fourth-order valence-corrected chi connectivity index (χ4v) is 0.978. The van der Waals surface area contributed by atoms with Crippen LogP contribution in [-0.4, -0.2) is 10.8 Å². The molecule has 0 bridgehead atoms. The third-order valence-corrected chi connectivity index (χ3v) is 1.61. The van der Waals surface area contributed by atoms with Crippen LogP contribution in [0.3, 0.4) is 0 Å². The van der Waals surface area contributed by atoms with Crippen molar-refractivity contribution in [2.75, 3.05) is 0 Å². The van der Waals surface area contributed by atoms with Crippen LogP contribution in [0.2, 0.25) is 0 Å². The van der Waals surface area contributed by atoms with Gasteiger partial charge in [-0.2, -0.15) is 0 Å². The maximum absolute atomic E-state index is 11.2. The van der Waals surface area contributed by atoms with Crippen LogP contribution in [0, 0.1) is 11.8 Å². The Morgan fingerprint density at radius 3 is 2.77 bits per heavy atom. The minimum absolute atomic E-state index is 0.153. The molecule has 0 aromatic carbocycles. The summed E-state index contributed by atoms with van der Waals surface area (Å²) in [6, 6.07) is 3.69. The molecule has 0 fully saturated rings. The first-order valence-electron chi connectivity index (χ1n) is 4.13. The van der Waals surface area contributed by atoms with E-state index in [0.29, 0.717) is 12.8 Å². The molecule has 0 saturated carbocycles. The Hall–Kier alpha value is -1.62. The summed E-state index contributed by atoms with van der Waals surface area (Å²) in [5.74, 6) is 5.61. The quantitative estimate of drug-likeness (QED) is 0.650. The van der Waals surface area contributed by atoms with E-state index in [1.165, 1.54) is 0 Å². The summed E-state index contributed by atoms with van der Waals surface area (Å²) in [5.41, 5.74) is 0.998. The van der Waals surface area contributed by atoms with Crippen LogP contribution in [0.5, 0.6) is 0 Å². The van der Waals surface area contributed by atoms with E-state index in [2.05, 4.69) is 16.8 Å². The van der Waals surface area contributed by atoms with Crippen molar-refractivity contribution in [1.82, 2.24) is 4.98 Å². The highest BCUT2D eigenvalue weighted by atomic mass is 16.1. The second-order valence-corrected chi connectivity index (χ2v) is 2.67. The lowest BCUT2D eigenvalue weighted by Gasteiger charge is -1.95. The van der Waals surface area contributed by atoms with Crippen molar-refractivity contribution in [2.45, 2.75) is 19.8 Å². The van der Waals surface area contributed by atoms with Crippen LogP contribution < -0.4 is 0 Å². The van der Waals surface area contributed by atoms with Gasteiger partial charge in [0.2, 0.25) is 0 Å². The molecule has 0 N–H and O–H groups in total. The molecular formula is C11H11NO. The molecule has 13 heavy (non-hydrogen) atoms. The first kappa shape index (κ1) is 9.47. The molecule has 1 heterocycles. The molecular weight excluding hydrogens is 162 g/mol. The largest absolute Gasteiger partial charge is 0.298 e. The maximum atomic E-state index is 11.2. The molecule has 0 saturated heterocycles. The number of nitrogens with zero attached hydrogens (tertiary/aromatic N) is 1. The van der Waals surface area contributed by atoms with Crippen LogP contribution in [0.15, 0.2) is 24.5 Å². The smallest absolute Gasteiger partial charge is 0.149 e. The zero-order chi connectivity index (χ0) is 9.52. The molecule has 0 aliphatic rings. The summed E-state index contributed by atoms with van der Waals surface area (Å²) in [4.78, 5) is 15.1. The Morgan fingerprint density at radius 1 is 1.46 bits per heavy atom. The Labute approximate surface area is 78.0 Å². The Kier molecular flexibility index (Phi) is 3.72. The summed E-state index contributed by atoms with van der Waals surface area (Å²) in [6.45, 7) is 1.74. The van der Waals surface area contributed by atoms with E-state index >= 15 is 0 Å². The molecule has 0 aliphatic carbocycles. The van der Waals surface area contributed by atoms with Crippen molar-refractivity contribution in [3.63, 3.8) is 0 Å². The van der Waals surface area contributed by atoms with Crippen LogP contribution in [-0.2, 0) is 11.2 Å². The van der Waals surface area contributed by atoms with Gasteiger partial charge in [-0.05, 0) is 24.6 Å². The van der Waals surface area contributed by atoms with Crippen molar-refractivity contribution in [3.8, 4) is 11.8 Å². The highest BCUT2D eigenvalue weighted by Crippen LogP contribution is 1.99. The highest BCUT2D eigenvalue weighted by Gasteiger charge is 2.00. The number of rotatable bonds is 3. The van der Waals surface area contributed by atoms with Gasteiger partial charge in [0.15, 0.2) is 0 Å². The normalized spacial score (nSPS) is 8.69. The highest BCUT2D eigenvalue weighted by molar-refractivity contribution is 5.82. The topological polar surface area (TPSA) is 30.0 Å². The van der Waals surface area contributed by atoms with E-state index in [0.717, 1.165) is 5.56 Å². The van der Waals surface area contributed by atoms with Crippen LogP contribution in [0.1, 0.15) is 18.9 Å². The van der Waals surface area contributed by atoms with Crippen molar-refractivity contribution >= 4 is 5.78 Å². The van der Waals surface area contributed by atoms with E-state index in [1.54, 1.807) is 19.3 Å². The van der Waals surface area contributed by atoms with Gasteiger partial charge < -0.3 is 0 Å². The molecule has 1 aromatic rings. The van der Waals surface area contributed by atoms with E-state index < -0.39 is 0 Å². The van der Waals surface area contributed by atoms with E-state index in [1.807, 2.05) is 12.1 Å². The molecule has 1 rings (SSSR count). The number of aromatic nitrogens is 1. The summed E-state index contributed by atoms with van der Waals surface area (Å²) in [6.07, 6.45) is 4.18. The molecule has 0 atom stereocenters. The second-order valence-electron chi connectivity index (χ2n) is 2.67. The third kappa shape index (κ3) is 3.53. The molecule has 2 nitrogen and oxygen atoms in total. The van der Waals surface area contributed by atoms with Crippen molar-refractivity contribution in [2.24, 2.45) is 0 Å². The maximum Gasteiger partial charge on any atom is 0.149 e. The average molecular weight is 173 g/mol. The molecule has 0 unspecified atom stereocenters. The predicted octanol–water partition coefficient (Wildman–Crippen LogP) is 1.61. The third-order valence-electron chi connectivity index (χ3n) is 1.61. The monoisotopic (exact) mass is 173 g/mol. The first-order valence-corrected chi connectivity index (χ1v) is 4.13. The zero-order valence-corrected chi connectivity index (χ0v) is 7.58. The standard InChI is InChI=1S/C11H11NO/c1-2-3-4-11(13)9-10-5-7-12-8-6-10/h5-8H,4,9H2,1H3. The molecule has 66 valence electrons. The summed E-state index contributed by atoms with van der Waals surface area (Å²) >= 11 is 0. The van der Waals surface area contributed by atoms with Gasteiger partial charge in [0, 0.05) is 18.8 Å². The van der Waals surface area contributed by atoms with Gasteiger partial charge in [0.05, 0.1) is 6.42 Å². The molecule has 0 aliphatic heterocycles. The Bertz CT molecular complexity index is 332. The lowest BCUT2D eigenvalue weighted by Crippen LogP contribution is -2.00. The van der Waals surface area contributed by atoms with Gasteiger partial charge in [-0.25, -0.2) is 0 Å². The fraction of sp³-hybridized carbons (Fsp3) is 0.273. The van der Waals surface area contributed by atoms with Gasteiger partial charge in [-0.3, -0.25) is 9.78 Å². The van der Waals surface area contributed by atoms with Gasteiger partial charge in [-0.1, -0.05) is 5.92 Å². The first-order chi connectivity index (χ1) is 6.33. The van der Waals surface area contributed by atoms with E-state index in [-0.39, 0.29) is 5.78 Å². The van der Waals surface area contributed by atoms with Crippen molar-refractivity contribution < 1.29 is 4.79 Å². The van der Waals surface area contributed by atoms with E-state index in [4.69, 9.17) is 0 Å². The number of ketones is 1. The Balaban J connectivity index is 2.49. The minimum Gasteiger partial charge on any atom is -0.298 e. The zero-order valence-electron chi connectivity index (χ0n) is 7.58. The van der Waals surface area contributed by atoms with Gasteiger partial charge in [0.25, 0.3) is 0 Å². The summed E-state index contributed by atoms with van der Waals surface area (Å²) in [7, 11) is 0. The predicted molar refractivity (Wildman–Crippen MR) is 51.0 cm³/mol. The number of carbonyl (C=O) groups excluding carboxylic acids is 1.